The molecule has 0 bridgehead atoms. The van der Waals surface area contributed by atoms with Crippen molar-refractivity contribution in [2.45, 2.75) is 33.4 Å². The molecule has 3 N–H and O–H groups in total. The number of carbonyl (C=O) groups excluding carboxylic acids is 1. The van der Waals surface area contributed by atoms with Crippen LogP contribution in [0.15, 0.2) is 65.6 Å². The van der Waals surface area contributed by atoms with Gasteiger partial charge in [0.2, 0.25) is 0 Å². The van der Waals surface area contributed by atoms with E-state index in [9.17, 15) is 14.9 Å². The molecule has 0 atom stereocenters. The summed E-state index contributed by atoms with van der Waals surface area (Å²) < 4.78 is 7.71. The zero-order chi connectivity index (χ0) is 28.4. The topological polar surface area (TPSA) is 140 Å². The van der Waals surface area contributed by atoms with Crippen molar-refractivity contribution in [1.29, 1.82) is 5.26 Å². The molecule has 1 amide bonds. The summed E-state index contributed by atoms with van der Waals surface area (Å²) in [6, 6.07) is 18.0. The smallest absolute Gasteiger partial charge is 0.268 e. The van der Waals surface area contributed by atoms with E-state index < -0.39 is 11.5 Å². The van der Waals surface area contributed by atoms with Crippen molar-refractivity contribution in [3.63, 3.8) is 0 Å². The second kappa shape index (κ2) is 11.0. The summed E-state index contributed by atoms with van der Waals surface area (Å²) in [5, 5.41) is 10.6. The van der Waals surface area contributed by atoms with E-state index >= 15 is 0 Å². The van der Waals surface area contributed by atoms with Crippen LogP contribution in [0.2, 0.25) is 5.02 Å². The van der Waals surface area contributed by atoms with Gasteiger partial charge in [0.05, 0.1) is 17.3 Å². The number of amides is 1. The number of hydrogen-bond donors (Lipinski definition) is 2. The van der Waals surface area contributed by atoms with Gasteiger partial charge in [0, 0.05) is 40.6 Å². The molecule has 4 aromatic heterocycles. The number of benzene rings is 1. The first kappa shape index (κ1) is 26.7. The minimum absolute atomic E-state index is 0.0530. The van der Waals surface area contributed by atoms with Gasteiger partial charge in [-0.15, -0.1) is 0 Å². The SMILES string of the molecule is Cc1cc(Cl)c(COc2cccc3c(Cc4ccc(C(N)=O)[nH]4)cc(C)nc23)c(Cn2cccc(C#N)c2=O)n1. The summed E-state index contributed by atoms with van der Waals surface area (Å²) >= 11 is 6.64. The molecule has 0 saturated heterocycles. The predicted molar refractivity (Wildman–Crippen MR) is 151 cm³/mol. The molecule has 0 radical (unpaired) electrons. The predicted octanol–water partition coefficient (Wildman–Crippen LogP) is 4.58. The van der Waals surface area contributed by atoms with Gasteiger partial charge in [-0.3, -0.25) is 14.6 Å². The van der Waals surface area contributed by atoms with Crippen LogP contribution in [-0.4, -0.2) is 25.4 Å². The highest BCUT2D eigenvalue weighted by Gasteiger charge is 2.16. The lowest BCUT2D eigenvalue weighted by atomic mass is 10.0. The summed E-state index contributed by atoms with van der Waals surface area (Å²) in [7, 11) is 0. The van der Waals surface area contributed by atoms with Crippen LogP contribution in [0, 0.1) is 25.2 Å². The Hall–Kier alpha value is -4.94. The first-order valence-electron chi connectivity index (χ1n) is 12.5. The van der Waals surface area contributed by atoms with E-state index in [1.54, 1.807) is 24.4 Å². The number of nitrogens with two attached hydrogens (primary N) is 1. The summed E-state index contributed by atoms with van der Waals surface area (Å²) in [6.45, 7) is 3.96. The lowest BCUT2D eigenvalue weighted by Gasteiger charge is -2.16. The number of carbonyl (C=O) groups is 1. The van der Waals surface area contributed by atoms with E-state index in [0.717, 1.165) is 22.3 Å². The molecule has 40 heavy (non-hydrogen) atoms. The molecule has 5 aromatic rings. The highest BCUT2D eigenvalue weighted by atomic mass is 35.5. The highest BCUT2D eigenvalue weighted by Crippen LogP contribution is 2.30. The number of rotatable bonds is 8. The van der Waals surface area contributed by atoms with Crippen LogP contribution in [0.3, 0.4) is 0 Å². The second-order valence-electron chi connectivity index (χ2n) is 9.44. The molecule has 10 heteroatoms. The lowest BCUT2D eigenvalue weighted by Crippen LogP contribution is -2.23. The molecule has 5 rings (SSSR count). The van der Waals surface area contributed by atoms with E-state index in [0.29, 0.717) is 45.4 Å². The normalized spacial score (nSPS) is 10.9. The zero-order valence-electron chi connectivity index (χ0n) is 21.9. The van der Waals surface area contributed by atoms with Crippen molar-refractivity contribution in [3.8, 4) is 11.8 Å². The van der Waals surface area contributed by atoms with Crippen LogP contribution >= 0.6 is 11.6 Å². The average Bonchev–Trinajstić information content (AvgIpc) is 3.38. The molecule has 0 aliphatic carbocycles. The number of aromatic nitrogens is 4. The van der Waals surface area contributed by atoms with Gasteiger partial charge in [-0.05, 0) is 61.9 Å². The number of nitriles is 1. The van der Waals surface area contributed by atoms with Crippen LogP contribution in [-0.2, 0) is 19.6 Å². The molecule has 0 aliphatic rings. The van der Waals surface area contributed by atoms with Gasteiger partial charge in [0.15, 0.2) is 0 Å². The van der Waals surface area contributed by atoms with E-state index in [2.05, 4.69) is 9.97 Å². The maximum Gasteiger partial charge on any atom is 0.268 e. The van der Waals surface area contributed by atoms with Gasteiger partial charge in [0.1, 0.15) is 35.2 Å². The molecular weight excluding hydrogens is 528 g/mol. The minimum Gasteiger partial charge on any atom is -0.486 e. The first-order valence-corrected chi connectivity index (χ1v) is 12.9. The Morgan fingerprint density at radius 2 is 1.93 bits per heavy atom. The summed E-state index contributed by atoms with van der Waals surface area (Å²) in [6.07, 6.45) is 2.16. The number of ether oxygens (including phenoxy) is 1. The summed E-state index contributed by atoms with van der Waals surface area (Å²) in [5.74, 6) is 0.0574. The number of halogens is 1. The number of para-hydroxylation sites is 1. The number of primary amides is 1. The second-order valence-corrected chi connectivity index (χ2v) is 9.85. The standard InChI is InChI=1S/C30H25ClN6O3/c1-17-11-20(13-21-8-9-25(36-21)29(33)38)22-6-3-7-27(28(22)35-17)40-16-23-24(31)12-18(2)34-26(23)15-37-10-4-5-19(14-32)30(37)39/h3-12,36H,13,15-16H2,1-2H3,(H2,33,38). The molecule has 4 heterocycles. The third-order valence-electron chi connectivity index (χ3n) is 6.53. The van der Waals surface area contributed by atoms with Crippen LogP contribution in [0.1, 0.15) is 50.0 Å². The van der Waals surface area contributed by atoms with Crippen molar-refractivity contribution in [2.75, 3.05) is 0 Å². The fraction of sp³-hybridized carbons (Fsp3) is 0.167. The van der Waals surface area contributed by atoms with Gasteiger partial charge in [-0.2, -0.15) is 5.26 Å². The van der Waals surface area contributed by atoms with E-state index in [-0.39, 0.29) is 18.7 Å². The van der Waals surface area contributed by atoms with E-state index in [4.69, 9.17) is 27.1 Å². The molecule has 0 saturated carbocycles. The number of H-pyrrole nitrogens is 1. The van der Waals surface area contributed by atoms with Gasteiger partial charge in [-0.25, -0.2) is 4.98 Å². The number of pyridine rings is 3. The fourth-order valence-electron chi connectivity index (χ4n) is 4.65. The first-order chi connectivity index (χ1) is 19.2. The highest BCUT2D eigenvalue weighted by molar-refractivity contribution is 6.31. The van der Waals surface area contributed by atoms with Crippen molar-refractivity contribution in [1.82, 2.24) is 19.5 Å². The zero-order valence-corrected chi connectivity index (χ0v) is 22.6. The molecule has 0 spiro atoms. The molecule has 0 unspecified atom stereocenters. The van der Waals surface area contributed by atoms with Crippen LogP contribution in [0.4, 0.5) is 0 Å². The number of hydrogen-bond acceptors (Lipinski definition) is 6. The quantitative estimate of drug-likeness (QED) is 0.289. The third-order valence-corrected chi connectivity index (χ3v) is 6.86. The van der Waals surface area contributed by atoms with Crippen LogP contribution in [0.5, 0.6) is 5.75 Å². The summed E-state index contributed by atoms with van der Waals surface area (Å²) in [5.41, 5.74) is 10.7. The number of aromatic amines is 1. The van der Waals surface area contributed by atoms with Gasteiger partial charge in [0.25, 0.3) is 11.5 Å². The Balaban J connectivity index is 1.47. The number of nitrogens with zero attached hydrogens (tertiary/aromatic N) is 4. The van der Waals surface area contributed by atoms with Crippen molar-refractivity contribution >= 4 is 28.4 Å². The number of nitrogens with one attached hydrogen (secondary N) is 1. The average molecular weight is 553 g/mol. The Morgan fingerprint density at radius 3 is 2.67 bits per heavy atom. The monoisotopic (exact) mass is 552 g/mol. The molecular formula is C30H25ClN6O3. The molecule has 9 nitrogen and oxygen atoms in total. The van der Waals surface area contributed by atoms with E-state index in [1.807, 2.05) is 50.2 Å². The minimum atomic E-state index is -0.510. The molecule has 0 aliphatic heterocycles. The maximum atomic E-state index is 12.7. The van der Waals surface area contributed by atoms with E-state index in [1.165, 1.54) is 10.6 Å². The summed E-state index contributed by atoms with van der Waals surface area (Å²) in [4.78, 5) is 36.6. The van der Waals surface area contributed by atoms with Crippen LogP contribution in [0.25, 0.3) is 10.9 Å². The van der Waals surface area contributed by atoms with Crippen molar-refractivity contribution in [3.05, 3.63) is 121 Å². The Labute approximate surface area is 234 Å². The maximum absolute atomic E-state index is 12.7. The number of aryl methyl sites for hydroxylation is 2. The third kappa shape index (κ3) is 5.44. The van der Waals surface area contributed by atoms with Gasteiger partial charge >= 0.3 is 0 Å². The van der Waals surface area contributed by atoms with Gasteiger partial charge < -0.3 is 20.0 Å². The molecule has 1 aromatic carbocycles. The molecule has 0 fully saturated rings. The van der Waals surface area contributed by atoms with Crippen LogP contribution < -0.4 is 16.0 Å². The molecule has 200 valence electrons. The Kier molecular flexibility index (Phi) is 7.36. The van der Waals surface area contributed by atoms with Crippen molar-refractivity contribution < 1.29 is 9.53 Å². The van der Waals surface area contributed by atoms with Crippen molar-refractivity contribution in [2.24, 2.45) is 5.73 Å². The largest absolute Gasteiger partial charge is 0.486 e. The fourth-order valence-corrected chi connectivity index (χ4v) is 4.97. The number of fused-ring (bicyclic) bond motifs is 1. The van der Waals surface area contributed by atoms with Gasteiger partial charge in [-0.1, -0.05) is 23.7 Å². The Bertz CT molecular complexity index is 1870. The Morgan fingerprint density at radius 1 is 1.12 bits per heavy atom. The lowest BCUT2D eigenvalue weighted by molar-refractivity contribution is 0.0996.